The number of hydrogen-bond donors (Lipinski definition) is 3. The summed E-state index contributed by atoms with van der Waals surface area (Å²) in [4.78, 5) is 37.4. The van der Waals surface area contributed by atoms with Gasteiger partial charge >= 0.3 is 5.69 Å². The maximum Gasteiger partial charge on any atom is 0.311 e. The fourth-order valence-electron chi connectivity index (χ4n) is 4.53. The number of fused-ring (bicyclic) bond motifs is 2. The summed E-state index contributed by atoms with van der Waals surface area (Å²) in [6.45, 7) is 1.25. The zero-order valence-corrected chi connectivity index (χ0v) is 18.0. The van der Waals surface area contributed by atoms with Gasteiger partial charge in [-0.2, -0.15) is 0 Å². The second kappa shape index (κ2) is 8.14. The van der Waals surface area contributed by atoms with Crippen LogP contribution in [0.2, 0.25) is 0 Å². The molecule has 10 nitrogen and oxygen atoms in total. The number of hydrogen-bond acceptors (Lipinski definition) is 7. The molecule has 3 aromatic heterocycles. The van der Waals surface area contributed by atoms with Crippen molar-refractivity contribution in [3.05, 3.63) is 58.5 Å². The zero-order chi connectivity index (χ0) is 23.1. The van der Waals surface area contributed by atoms with E-state index in [0.717, 1.165) is 29.4 Å². The van der Waals surface area contributed by atoms with Gasteiger partial charge in [0.25, 0.3) is 5.91 Å². The number of H-pyrrole nitrogens is 1. The summed E-state index contributed by atoms with van der Waals surface area (Å²) in [5, 5.41) is 16.0. The second-order valence-corrected chi connectivity index (χ2v) is 8.23. The van der Waals surface area contributed by atoms with E-state index in [4.69, 9.17) is 5.73 Å². The minimum Gasteiger partial charge on any atom is -0.364 e. The lowest BCUT2D eigenvalue weighted by molar-refractivity contribution is -0.384. The van der Waals surface area contributed by atoms with Gasteiger partial charge in [-0.25, -0.2) is 9.97 Å². The molecule has 168 valence electrons. The molecule has 0 bridgehead atoms. The molecule has 4 N–H and O–H groups in total. The number of nitro groups is 1. The topological polar surface area (TPSA) is 143 Å². The van der Waals surface area contributed by atoms with Crippen LogP contribution in [0.15, 0.2) is 42.9 Å². The summed E-state index contributed by atoms with van der Waals surface area (Å²) < 4.78 is 0. The summed E-state index contributed by atoms with van der Waals surface area (Å²) in [7, 11) is 1.57. The maximum atomic E-state index is 12.1. The molecule has 0 radical (unpaired) electrons. The Morgan fingerprint density at radius 2 is 2.12 bits per heavy atom. The predicted octanol–water partition coefficient (Wildman–Crippen LogP) is 2.97. The van der Waals surface area contributed by atoms with Crippen LogP contribution in [-0.4, -0.2) is 52.0 Å². The highest BCUT2D eigenvalue weighted by molar-refractivity contribution is 6.04. The molecule has 0 saturated carbocycles. The van der Waals surface area contributed by atoms with Crippen LogP contribution in [0.1, 0.15) is 23.2 Å². The van der Waals surface area contributed by atoms with Crippen molar-refractivity contribution < 1.29 is 9.72 Å². The molecule has 33 heavy (non-hydrogen) atoms. The molecule has 4 heterocycles. The normalized spacial score (nSPS) is 16.3. The first kappa shape index (κ1) is 20.8. The third kappa shape index (κ3) is 3.64. The van der Waals surface area contributed by atoms with E-state index in [1.807, 2.05) is 29.3 Å². The van der Waals surface area contributed by atoms with Crippen molar-refractivity contribution in [1.82, 2.24) is 20.3 Å². The van der Waals surface area contributed by atoms with Crippen LogP contribution in [0.3, 0.4) is 0 Å². The molecule has 0 spiro atoms. The Labute approximate surface area is 189 Å². The predicted molar refractivity (Wildman–Crippen MR) is 126 cm³/mol. The van der Waals surface area contributed by atoms with Crippen molar-refractivity contribution in [2.24, 2.45) is 5.73 Å². The van der Waals surface area contributed by atoms with E-state index < -0.39 is 0 Å². The van der Waals surface area contributed by atoms with Gasteiger partial charge in [0.2, 0.25) is 0 Å². The van der Waals surface area contributed by atoms with Crippen molar-refractivity contribution >= 4 is 39.2 Å². The number of amides is 1. The Morgan fingerprint density at radius 1 is 1.27 bits per heavy atom. The Balaban J connectivity index is 1.70. The smallest absolute Gasteiger partial charge is 0.311 e. The number of nitrogens with zero attached hydrogens (tertiary/aromatic N) is 4. The number of aromatic nitrogens is 3. The molecule has 10 heteroatoms. The monoisotopic (exact) mass is 445 g/mol. The molecule has 0 aliphatic carbocycles. The summed E-state index contributed by atoms with van der Waals surface area (Å²) in [6, 6.07) is 7.44. The van der Waals surface area contributed by atoms with Crippen LogP contribution in [0.25, 0.3) is 33.1 Å². The molecule has 1 aliphatic rings. The van der Waals surface area contributed by atoms with E-state index in [-0.39, 0.29) is 22.6 Å². The van der Waals surface area contributed by atoms with Gasteiger partial charge in [0.1, 0.15) is 17.5 Å². The van der Waals surface area contributed by atoms with E-state index >= 15 is 0 Å². The largest absolute Gasteiger partial charge is 0.364 e. The fourth-order valence-corrected chi connectivity index (χ4v) is 4.53. The van der Waals surface area contributed by atoms with Crippen LogP contribution in [0, 0.1) is 10.1 Å². The molecule has 1 atom stereocenters. The summed E-state index contributed by atoms with van der Waals surface area (Å²) >= 11 is 0. The fraction of sp³-hybridized carbons (Fsp3) is 0.261. The van der Waals surface area contributed by atoms with Crippen LogP contribution in [0.5, 0.6) is 0 Å². The Bertz CT molecular complexity index is 1400. The second-order valence-electron chi connectivity index (χ2n) is 8.23. The van der Waals surface area contributed by atoms with E-state index in [0.29, 0.717) is 40.9 Å². The highest BCUT2D eigenvalue weighted by Gasteiger charge is 2.27. The van der Waals surface area contributed by atoms with Gasteiger partial charge in [0.05, 0.1) is 16.0 Å². The van der Waals surface area contributed by atoms with Gasteiger partial charge in [-0.15, -0.1) is 0 Å². The lowest BCUT2D eigenvalue weighted by Crippen LogP contribution is -2.43. The first-order valence-corrected chi connectivity index (χ1v) is 10.7. The standard InChI is InChI=1S/C23H23N7O3/c1-25-23(31)14-8-16-18(10-28-22(16)27-9-14)13-4-5-19-17(7-13)21(20(11-26-19)30(32)33)29-6-2-3-15(24)12-29/h4-5,7-11,15H,2-3,6,12,24H2,1H3,(H,25,31)(H,27,28)/t15-/m0/s1. The first-order chi connectivity index (χ1) is 16.0. The average Bonchev–Trinajstić information content (AvgIpc) is 3.25. The molecule has 5 rings (SSSR count). The third-order valence-electron chi connectivity index (χ3n) is 6.12. The highest BCUT2D eigenvalue weighted by Crippen LogP contribution is 2.39. The van der Waals surface area contributed by atoms with Gasteiger partial charge in [-0.3, -0.25) is 14.9 Å². The zero-order valence-electron chi connectivity index (χ0n) is 18.0. The van der Waals surface area contributed by atoms with E-state index in [1.165, 1.54) is 12.4 Å². The maximum absolute atomic E-state index is 12.1. The van der Waals surface area contributed by atoms with Crippen molar-refractivity contribution in [2.45, 2.75) is 18.9 Å². The number of nitrogens with two attached hydrogens (primary N) is 1. The lowest BCUT2D eigenvalue weighted by Gasteiger charge is -2.32. The molecule has 4 aromatic rings. The number of benzene rings is 1. The summed E-state index contributed by atoms with van der Waals surface area (Å²) in [5.41, 5.74) is 10.2. The Morgan fingerprint density at radius 3 is 2.88 bits per heavy atom. The lowest BCUT2D eigenvalue weighted by atomic mass is 10.00. The number of anilines is 1. The van der Waals surface area contributed by atoms with Crippen LogP contribution >= 0.6 is 0 Å². The number of rotatable bonds is 4. The van der Waals surface area contributed by atoms with E-state index in [9.17, 15) is 14.9 Å². The number of aromatic amines is 1. The van der Waals surface area contributed by atoms with E-state index in [2.05, 4.69) is 20.3 Å². The first-order valence-electron chi connectivity index (χ1n) is 10.7. The van der Waals surface area contributed by atoms with Crippen molar-refractivity contribution in [3.8, 4) is 11.1 Å². The number of carbonyl (C=O) groups is 1. The van der Waals surface area contributed by atoms with Crippen molar-refractivity contribution in [2.75, 3.05) is 25.0 Å². The van der Waals surface area contributed by atoms with Crippen LogP contribution in [-0.2, 0) is 0 Å². The summed E-state index contributed by atoms with van der Waals surface area (Å²) in [6.07, 6.45) is 6.44. The quantitative estimate of drug-likeness (QED) is 0.324. The molecular weight excluding hydrogens is 422 g/mol. The number of pyridine rings is 2. The number of nitrogens with one attached hydrogen (secondary N) is 2. The molecule has 1 aromatic carbocycles. The molecule has 1 amide bonds. The minimum absolute atomic E-state index is 0.0313. The minimum atomic E-state index is -0.389. The SMILES string of the molecule is CNC(=O)c1cnc2[nH]cc(-c3ccc4ncc([N+](=O)[O-])c(N5CCC[C@H](N)C5)c4c3)c2c1. The van der Waals surface area contributed by atoms with Crippen molar-refractivity contribution in [1.29, 1.82) is 0 Å². The van der Waals surface area contributed by atoms with Gasteiger partial charge < -0.3 is 20.9 Å². The number of piperidine rings is 1. The van der Waals surface area contributed by atoms with Gasteiger partial charge in [0, 0.05) is 54.9 Å². The van der Waals surface area contributed by atoms with Gasteiger partial charge in [-0.1, -0.05) is 6.07 Å². The van der Waals surface area contributed by atoms with E-state index in [1.54, 1.807) is 13.1 Å². The van der Waals surface area contributed by atoms with Crippen molar-refractivity contribution in [3.63, 3.8) is 0 Å². The molecular formula is C23H23N7O3. The molecule has 1 saturated heterocycles. The van der Waals surface area contributed by atoms with Gasteiger partial charge in [0.15, 0.2) is 0 Å². The van der Waals surface area contributed by atoms with Crippen LogP contribution < -0.4 is 16.0 Å². The highest BCUT2D eigenvalue weighted by atomic mass is 16.6. The summed E-state index contributed by atoms with van der Waals surface area (Å²) in [5.74, 6) is -0.224. The Kier molecular flexibility index (Phi) is 5.14. The average molecular weight is 445 g/mol. The third-order valence-corrected chi connectivity index (χ3v) is 6.12. The van der Waals surface area contributed by atoms with Crippen LogP contribution in [0.4, 0.5) is 11.4 Å². The van der Waals surface area contributed by atoms with Gasteiger partial charge in [-0.05, 0) is 36.6 Å². The Hall–Kier alpha value is -4.05. The number of carbonyl (C=O) groups excluding carboxylic acids is 1. The molecule has 1 fully saturated rings. The molecule has 0 unspecified atom stereocenters. The molecule has 1 aliphatic heterocycles.